The highest BCUT2D eigenvalue weighted by molar-refractivity contribution is 6.08. The van der Waals surface area contributed by atoms with Gasteiger partial charge in [-0.15, -0.1) is 0 Å². The Balaban J connectivity index is 1.71. The highest BCUT2D eigenvalue weighted by Crippen LogP contribution is 2.27. The number of carboxylic acid groups (broad SMARTS) is 1. The molecule has 32 heavy (non-hydrogen) atoms. The van der Waals surface area contributed by atoms with Crippen molar-refractivity contribution in [2.45, 2.75) is 0 Å². The highest BCUT2D eigenvalue weighted by Gasteiger charge is 2.34. The summed E-state index contributed by atoms with van der Waals surface area (Å²) in [6.45, 7) is -0.113. The van der Waals surface area contributed by atoms with Crippen LogP contribution in [0, 0.1) is 0 Å². The molecule has 3 aromatic rings. The lowest BCUT2D eigenvalue weighted by Gasteiger charge is -2.15. The summed E-state index contributed by atoms with van der Waals surface area (Å²) in [5.41, 5.74) is 2.28. The first-order chi connectivity index (χ1) is 15.4. The molecule has 1 aromatic carbocycles. The van der Waals surface area contributed by atoms with Crippen LogP contribution in [0.2, 0.25) is 0 Å². The second-order valence-corrected chi connectivity index (χ2v) is 6.94. The van der Waals surface area contributed by atoms with E-state index in [-0.39, 0.29) is 36.7 Å². The van der Waals surface area contributed by atoms with Gasteiger partial charge in [-0.3, -0.25) is 4.79 Å². The van der Waals surface area contributed by atoms with Crippen LogP contribution in [0.15, 0.2) is 53.9 Å². The maximum absolute atomic E-state index is 12.7. The lowest BCUT2D eigenvalue weighted by Crippen LogP contribution is -2.31. The van der Waals surface area contributed by atoms with E-state index < -0.39 is 17.8 Å². The van der Waals surface area contributed by atoms with Gasteiger partial charge < -0.3 is 25.2 Å². The minimum Gasteiger partial charge on any atom is -0.476 e. The van der Waals surface area contributed by atoms with Crippen molar-refractivity contribution >= 4 is 29.2 Å². The number of carbonyl (C=O) groups is 3. The number of carbonyl (C=O) groups excluding carboxylic acids is 2. The maximum Gasteiger partial charge on any atom is 0.356 e. The molecule has 11 heteroatoms. The molecule has 4 rings (SSSR count). The number of fused-ring (bicyclic) bond motifs is 1. The Kier molecular flexibility index (Phi) is 5.56. The van der Waals surface area contributed by atoms with Crippen molar-refractivity contribution in [3.8, 4) is 11.3 Å². The first kappa shape index (κ1) is 21.0. The van der Waals surface area contributed by atoms with Gasteiger partial charge >= 0.3 is 11.9 Å². The topological polar surface area (TPSA) is 146 Å². The largest absolute Gasteiger partial charge is 0.476 e. The third-order valence-electron chi connectivity index (χ3n) is 4.96. The zero-order chi connectivity index (χ0) is 22.8. The van der Waals surface area contributed by atoms with E-state index in [1.54, 1.807) is 36.5 Å². The summed E-state index contributed by atoms with van der Waals surface area (Å²) in [7, 11) is 1.23. The number of amides is 1. The average Bonchev–Trinajstić information content (AvgIpc) is 3.36. The SMILES string of the molecule is COC(=O)C1=C(Nc2cccc(-c3ccnc4cc(C(=O)O)nn34)c2)C(=O)N(CCO)C1. The van der Waals surface area contributed by atoms with Crippen molar-refractivity contribution in [2.75, 3.05) is 32.1 Å². The van der Waals surface area contributed by atoms with Gasteiger partial charge in [-0.25, -0.2) is 19.1 Å². The van der Waals surface area contributed by atoms with E-state index in [2.05, 4.69) is 15.4 Å². The summed E-state index contributed by atoms with van der Waals surface area (Å²) in [6, 6.07) is 10.1. The van der Waals surface area contributed by atoms with Crippen LogP contribution in [-0.4, -0.2) is 74.4 Å². The summed E-state index contributed by atoms with van der Waals surface area (Å²) in [4.78, 5) is 41.7. The number of carboxylic acids is 1. The first-order valence-corrected chi connectivity index (χ1v) is 9.60. The minimum atomic E-state index is -1.16. The molecule has 0 saturated carbocycles. The minimum absolute atomic E-state index is 0.0321. The normalized spacial score (nSPS) is 13.7. The molecule has 2 aromatic heterocycles. The summed E-state index contributed by atoms with van der Waals surface area (Å²) in [5, 5.41) is 25.5. The molecule has 3 N–H and O–H groups in total. The fourth-order valence-electron chi connectivity index (χ4n) is 3.47. The van der Waals surface area contributed by atoms with E-state index in [0.29, 0.717) is 22.6 Å². The first-order valence-electron chi connectivity index (χ1n) is 9.60. The molecule has 0 aliphatic carbocycles. The van der Waals surface area contributed by atoms with Crippen molar-refractivity contribution in [3.63, 3.8) is 0 Å². The van der Waals surface area contributed by atoms with Crippen molar-refractivity contribution in [3.05, 3.63) is 59.6 Å². The van der Waals surface area contributed by atoms with Gasteiger partial charge in [0.1, 0.15) is 5.70 Å². The summed E-state index contributed by atoms with van der Waals surface area (Å²) >= 11 is 0. The number of ether oxygens (including phenoxy) is 1. The van der Waals surface area contributed by atoms with Crippen molar-refractivity contribution < 1.29 is 29.3 Å². The molecule has 164 valence electrons. The second kappa shape index (κ2) is 8.47. The van der Waals surface area contributed by atoms with Crippen LogP contribution >= 0.6 is 0 Å². The molecule has 3 heterocycles. The number of aliphatic hydroxyl groups excluding tert-OH is 1. The number of esters is 1. The highest BCUT2D eigenvalue weighted by atomic mass is 16.5. The molecule has 11 nitrogen and oxygen atoms in total. The number of hydrogen-bond donors (Lipinski definition) is 3. The number of hydrogen-bond acceptors (Lipinski definition) is 8. The van der Waals surface area contributed by atoms with Crippen LogP contribution in [-0.2, 0) is 14.3 Å². The van der Waals surface area contributed by atoms with Crippen LogP contribution in [0.1, 0.15) is 10.5 Å². The van der Waals surface area contributed by atoms with Crippen LogP contribution < -0.4 is 5.32 Å². The Morgan fingerprint density at radius 2 is 2.06 bits per heavy atom. The van der Waals surface area contributed by atoms with Gasteiger partial charge in [0, 0.05) is 30.1 Å². The zero-order valence-corrected chi connectivity index (χ0v) is 17.0. The third kappa shape index (κ3) is 3.76. The molecular weight excluding hydrogens is 418 g/mol. The number of aromatic nitrogens is 3. The molecule has 0 bridgehead atoms. The smallest absolute Gasteiger partial charge is 0.356 e. The van der Waals surface area contributed by atoms with E-state index in [1.165, 1.54) is 22.6 Å². The Morgan fingerprint density at radius 3 is 2.78 bits per heavy atom. The number of rotatable bonds is 7. The second-order valence-electron chi connectivity index (χ2n) is 6.94. The Morgan fingerprint density at radius 1 is 1.25 bits per heavy atom. The van der Waals surface area contributed by atoms with Crippen molar-refractivity contribution in [1.82, 2.24) is 19.5 Å². The van der Waals surface area contributed by atoms with Crippen LogP contribution in [0.5, 0.6) is 0 Å². The number of nitrogens with one attached hydrogen (secondary N) is 1. The molecule has 0 spiro atoms. The van der Waals surface area contributed by atoms with Crippen LogP contribution in [0.25, 0.3) is 16.9 Å². The Labute approximate surface area is 181 Å². The summed E-state index contributed by atoms with van der Waals surface area (Å²) in [5.74, 6) is -2.22. The lowest BCUT2D eigenvalue weighted by atomic mass is 10.1. The molecule has 1 aliphatic rings. The number of anilines is 1. The predicted octanol–water partition coefficient (Wildman–Crippen LogP) is 0.768. The summed E-state index contributed by atoms with van der Waals surface area (Å²) in [6.07, 6.45) is 1.54. The van der Waals surface area contributed by atoms with Gasteiger partial charge in [-0.05, 0) is 18.2 Å². The number of benzene rings is 1. The average molecular weight is 437 g/mol. The third-order valence-corrected chi connectivity index (χ3v) is 4.96. The van der Waals surface area contributed by atoms with Gasteiger partial charge in [0.05, 0.1) is 31.5 Å². The number of aliphatic hydroxyl groups is 1. The van der Waals surface area contributed by atoms with Crippen LogP contribution in [0.4, 0.5) is 5.69 Å². The van der Waals surface area contributed by atoms with E-state index in [9.17, 15) is 24.6 Å². The van der Waals surface area contributed by atoms with Gasteiger partial charge in [0.2, 0.25) is 0 Å². The van der Waals surface area contributed by atoms with Gasteiger partial charge in [-0.1, -0.05) is 12.1 Å². The lowest BCUT2D eigenvalue weighted by molar-refractivity contribution is -0.136. The Hall–Kier alpha value is -4.25. The van der Waals surface area contributed by atoms with E-state index in [1.807, 2.05) is 0 Å². The molecule has 0 radical (unpaired) electrons. The predicted molar refractivity (Wildman–Crippen MR) is 112 cm³/mol. The molecule has 0 saturated heterocycles. The molecular formula is C21H19N5O6. The monoisotopic (exact) mass is 437 g/mol. The summed E-state index contributed by atoms with van der Waals surface area (Å²) < 4.78 is 6.22. The van der Waals surface area contributed by atoms with Gasteiger partial charge in [0.25, 0.3) is 5.91 Å². The number of nitrogens with zero attached hydrogens (tertiary/aromatic N) is 4. The van der Waals surface area contributed by atoms with E-state index in [0.717, 1.165) is 0 Å². The molecule has 0 fully saturated rings. The fourth-order valence-corrected chi connectivity index (χ4v) is 3.47. The number of β-amino-alcohol motifs (C(OH)–C–C–N with tert-alkyl or cyclic N) is 1. The fraction of sp³-hybridized carbons (Fsp3) is 0.190. The van der Waals surface area contributed by atoms with Gasteiger partial charge in [0.15, 0.2) is 11.3 Å². The molecule has 1 aliphatic heterocycles. The van der Waals surface area contributed by atoms with Crippen molar-refractivity contribution in [2.24, 2.45) is 0 Å². The van der Waals surface area contributed by atoms with Gasteiger partial charge in [-0.2, -0.15) is 5.10 Å². The number of methoxy groups -OCH3 is 1. The maximum atomic E-state index is 12.7. The van der Waals surface area contributed by atoms with E-state index in [4.69, 9.17) is 4.74 Å². The Bertz CT molecular complexity index is 1260. The molecule has 0 atom stereocenters. The quantitative estimate of drug-likeness (QED) is 0.456. The van der Waals surface area contributed by atoms with Crippen molar-refractivity contribution in [1.29, 1.82) is 0 Å². The standard InChI is InChI=1S/C21H19N5O6/c1-32-21(31)14-11-25(7-8-27)19(28)18(14)23-13-4-2-3-12(9-13)16-5-6-22-17-10-15(20(29)30)24-26(16)17/h2-6,9-10,23,27H,7-8,11H2,1H3,(H,29,30). The molecule has 0 unspecified atom stereocenters. The van der Waals surface area contributed by atoms with E-state index >= 15 is 0 Å². The number of aromatic carboxylic acids is 1. The molecule has 1 amide bonds. The zero-order valence-electron chi connectivity index (χ0n) is 17.0. The van der Waals surface area contributed by atoms with Crippen LogP contribution in [0.3, 0.4) is 0 Å².